The fraction of sp³-hybridized carbons (Fsp3) is 0.350. The molecule has 32 heavy (non-hydrogen) atoms. The van der Waals surface area contributed by atoms with E-state index in [1.807, 2.05) is 19.3 Å². The smallest absolute Gasteiger partial charge is 0.335 e. The third kappa shape index (κ3) is 5.93. The number of carboxylic acid groups (broad SMARTS) is 1. The van der Waals surface area contributed by atoms with Crippen LogP contribution in [0.25, 0.3) is 10.8 Å². The topological polar surface area (TPSA) is 171 Å². The summed E-state index contributed by atoms with van der Waals surface area (Å²) in [7, 11) is -2.70. The summed E-state index contributed by atoms with van der Waals surface area (Å²) in [5.74, 6) is 3.19. The highest BCUT2D eigenvalue weighted by molar-refractivity contribution is 7.89. The maximum absolute atomic E-state index is 13.2. The van der Waals surface area contributed by atoms with Crippen molar-refractivity contribution in [2.24, 2.45) is 11.8 Å². The monoisotopic (exact) mass is 465 g/mol. The number of hydrazine groups is 1. The number of carboxylic acids is 1. The van der Waals surface area contributed by atoms with Crippen LogP contribution in [0.5, 0.6) is 0 Å². The molecule has 0 aliphatic carbocycles. The van der Waals surface area contributed by atoms with Gasteiger partial charge in [-0.3, -0.25) is 19.9 Å². The van der Waals surface area contributed by atoms with E-state index in [2.05, 4.69) is 10.0 Å². The summed E-state index contributed by atoms with van der Waals surface area (Å²) in [5, 5.41) is 11.8. The minimum Gasteiger partial charge on any atom is -0.480 e. The molecule has 3 amide bonds. The van der Waals surface area contributed by atoms with Gasteiger partial charge >= 0.3 is 12.0 Å². The number of amides is 3. The molecule has 0 fully saturated rings. The van der Waals surface area contributed by atoms with Gasteiger partial charge in [-0.25, -0.2) is 19.1 Å². The third-order valence-electron chi connectivity index (χ3n) is 4.67. The van der Waals surface area contributed by atoms with Gasteiger partial charge in [0.25, 0.3) is 0 Å². The first-order valence-corrected chi connectivity index (χ1v) is 11.2. The van der Waals surface area contributed by atoms with Crippen molar-refractivity contribution < 1.29 is 27.9 Å². The van der Waals surface area contributed by atoms with Crippen molar-refractivity contribution in [3.8, 4) is 0 Å². The molecular formula is C20H27N5O6S. The molecule has 0 bridgehead atoms. The van der Waals surface area contributed by atoms with Crippen molar-refractivity contribution in [2.45, 2.75) is 31.2 Å². The predicted octanol–water partition coefficient (Wildman–Crippen LogP) is 0.753. The number of carbonyl (C=O) groups is 3. The van der Waals surface area contributed by atoms with Crippen LogP contribution in [-0.2, 0) is 19.6 Å². The SMILES string of the molecule is CC(C)C[C@H](NS(=O)(=O)c1cccc2c(N(C)C(=O)NN)cccc12)C(=O)NCC(=O)O. The van der Waals surface area contributed by atoms with E-state index in [1.165, 1.54) is 24.1 Å². The zero-order valence-corrected chi connectivity index (χ0v) is 18.8. The number of aliphatic carboxylic acids is 1. The number of urea groups is 1. The van der Waals surface area contributed by atoms with Crippen molar-refractivity contribution in [3.05, 3.63) is 36.4 Å². The van der Waals surface area contributed by atoms with Crippen LogP contribution in [0.3, 0.4) is 0 Å². The van der Waals surface area contributed by atoms with E-state index in [0.29, 0.717) is 16.5 Å². The molecule has 0 unspecified atom stereocenters. The van der Waals surface area contributed by atoms with Gasteiger partial charge in [0.2, 0.25) is 15.9 Å². The summed E-state index contributed by atoms with van der Waals surface area (Å²) in [6.07, 6.45) is 0.167. The number of nitrogens with zero attached hydrogens (tertiary/aromatic N) is 1. The van der Waals surface area contributed by atoms with Crippen molar-refractivity contribution in [2.75, 3.05) is 18.5 Å². The maximum Gasteiger partial charge on any atom is 0.335 e. The number of carbonyl (C=O) groups excluding carboxylic acids is 2. The molecule has 2 rings (SSSR count). The Morgan fingerprint density at radius 3 is 2.31 bits per heavy atom. The van der Waals surface area contributed by atoms with Crippen LogP contribution in [0.1, 0.15) is 20.3 Å². The predicted molar refractivity (Wildman–Crippen MR) is 119 cm³/mol. The number of rotatable bonds is 9. The first-order valence-electron chi connectivity index (χ1n) is 9.75. The van der Waals surface area contributed by atoms with Crippen LogP contribution in [-0.4, -0.2) is 51.1 Å². The van der Waals surface area contributed by atoms with E-state index in [-0.39, 0.29) is 17.2 Å². The number of hydrogen-bond donors (Lipinski definition) is 5. The quantitative estimate of drug-likeness (QED) is 0.207. The second-order valence-electron chi connectivity index (χ2n) is 7.55. The van der Waals surface area contributed by atoms with Crippen LogP contribution in [0.15, 0.2) is 41.3 Å². The number of nitrogens with two attached hydrogens (primary N) is 1. The van der Waals surface area contributed by atoms with Gasteiger partial charge in [-0.15, -0.1) is 0 Å². The van der Waals surface area contributed by atoms with E-state index in [9.17, 15) is 22.8 Å². The lowest BCUT2D eigenvalue weighted by molar-refractivity contribution is -0.138. The molecule has 2 aromatic rings. The molecule has 0 aromatic heterocycles. The van der Waals surface area contributed by atoms with Crippen LogP contribution >= 0.6 is 0 Å². The van der Waals surface area contributed by atoms with Crippen molar-refractivity contribution >= 4 is 44.4 Å². The molecule has 1 atom stereocenters. The van der Waals surface area contributed by atoms with Crippen LogP contribution in [0.2, 0.25) is 0 Å². The number of sulfonamides is 1. The molecule has 0 aliphatic heterocycles. The summed E-state index contributed by atoms with van der Waals surface area (Å²) in [6, 6.07) is 7.65. The fourth-order valence-corrected chi connectivity index (χ4v) is 4.64. The maximum atomic E-state index is 13.2. The van der Waals surface area contributed by atoms with Gasteiger partial charge < -0.3 is 10.4 Å². The molecule has 0 aliphatic rings. The Labute approximate surface area is 186 Å². The van der Waals surface area contributed by atoms with Gasteiger partial charge in [0, 0.05) is 17.8 Å². The zero-order valence-electron chi connectivity index (χ0n) is 18.0. The molecule has 0 saturated heterocycles. The highest BCUT2D eigenvalue weighted by atomic mass is 32.2. The van der Waals surface area contributed by atoms with Gasteiger partial charge in [0.15, 0.2) is 0 Å². The van der Waals surface area contributed by atoms with E-state index in [0.717, 1.165) is 0 Å². The Balaban J connectivity index is 2.48. The van der Waals surface area contributed by atoms with Crippen molar-refractivity contribution in [3.63, 3.8) is 0 Å². The Bertz CT molecular complexity index is 1120. The Kier molecular flexibility index (Phi) is 8.14. The standard InChI is InChI=1S/C20H27N5O6S/c1-12(2)10-15(19(28)22-11-18(26)27)24-32(30,31)17-9-5-6-13-14(17)7-4-8-16(13)25(3)20(29)23-21/h4-9,12,15,24H,10-11,21H2,1-3H3,(H,22,28)(H,23,29)(H,26,27)/t15-/m0/s1. The Morgan fingerprint density at radius 1 is 1.09 bits per heavy atom. The minimum absolute atomic E-state index is 0.0409. The zero-order chi connectivity index (χ0) is 24.1. The lowest BCUT2D eigenvalue weighted by Crippen LogP contribution is -2.48. The van der Waals surface area contributed by atoms with Gasteiger partial charge in [0.05, 0.1) is 10.6 Å². The average molecular weight is 466 g/mol. The van der Waals surface area contributed by atoms with Crippen molar-refractivity contribution in [1.29, 1.82) is 0 Å². The van der Waals surface area contributed by atoms with Gasteiger partial charge in [-0.1, -0.05) is 38.1 Å². The molecule has 11 nitrogen and oxygen atoms in total. The van der Waals surface area contributed by atoms with E-state index in [1.54, 1.807) is 24.3 Å². The number of hydrogen-bond acceptors (Lipinski definition) is 6. The van der Waals surface area contributed by atoms with Crippen LogP contribution in [0.4, 0.5) is 10.5 Å². The molecule has 2 aromatic carbocycles. The summed E-state index contributed by atoms with van der Waals surface area (Å²) in [5.41, 5.74) is 2.45. The highest BCUT2D eigenvalue weighted by Crippen LogP contribution is 2.31. The highest BCUT2D eigenvalue weighted by Gasteiger charge is 2.28. The van der Waals surface area contributed by atoms with E-state index in [4.69, 9.17) is 10.9 Å². The summed E-state index contributed by atoms with van der Waals surface area (Å²) >= 11 is 0. The van der Waals surface area contributed by atoms with Gasteiger partial charge in [-0.2, -0.15) is 4.72 Å². The first kappa shape index (κ1) is 25.0. The minimum atomic E-state index is -4.19. The summed E-state index contributed by atoms with van der Waals surface area (Å²) in [6.45, 7) is 3.00. The number of nitrogens with one attached hydrogen (secondary N) is 3. The first-order chi connectivity index (χ1) is 15.0. The molecule has 12 heteroatoms. The Hall–Kier alpha value is -3.22. The lowest BCUT2D eigenvalue weighted by Gasteiger charge is -2.22. The average Bonchev–Trinajstić information content (AvgIpc) is 2.74. The second kappa shape index (κ2) is 10.4. The van der Waals surface area contributed by atoms with E-state index < -0.39 is 40.5 Å². The van der Waals surface area contributed by atoms with Crippen molar-refractivity contribution in [1.82, 2.24) is 15.5 Å². The second-order valence-corrected chi connectivity index (χ2v) is 9.23. The molecule has 174 valence electrons. The molecule has 0 heterocycles. The summed E-state index contributed by atoms with van der Waals surface area (Å²) in [4.78, 5) is 36.3. The van der Waals surface area contributed by atoms with Crippen LogP contribution in [0, 0.1) is 5.92 Å². The lowest BCUT2D eigenvalue weighted by atomic mass is 10.0. The number of benzene rings is 2. The molecular weight excluding hydrogens is 438 g/mol. The number of anilines is 1. The number of fused-ring (bicyclic) bond motifs is 1. The third-order valence-corrected chi connectivity index (χ3v) is 6.20. The van der Waals surface area contributed by atoms with Crippen LogP contribution < -0.4 is 26.2 Å². The molecule has 0 radical (unpaired) electrons. The normalized spacial score (nSPS) is 12.4. The van der Waals surface area contributed by atoms with Gasteiger partial charge in [-0.05, 0) is 24.5 Å². The molecule has 0 spiro atoms. The molecule has 6 N–H and O–H groups in total. The Morgan fingerprint density at radius 2 is 1.72 bits per heavy atom. The van der Waals surface area contributed by atoms with Gasteiger partial charge in [0.1, 0.15) is 12.6 Å². The molecule has 0 saturated carbocycles. The van der Waals surface area contributed by atoms with E-state index >= 15 is 0 Å². The fourth-order valence-electron chi connectivity index (χ4n) is 3.21. The summed E-state index contributed by atoms with van der Waals surface area (Å²) < 4.78 is 28.9. The largest absolute Gasteiger partial charge is 0.480 e.